The number of benzene rings is 2. The van der Waals surface area contributed by atoms with Gasteiger partial charge >= 0.3 is 0 Å². The summed E-state index contributed by atoms with van der Waals surface area (Å²) < 4.78 is 25.3. The Balaban J connectivity index is 1.67. The molecule has 0 unspecified atom stereocenters. The minimum absolute atomic E-state index is 0.149. The quantitative estimate of drug-likeness (QED) is 0.804. The molecule has 1 atom stereocenters. The molecule has 1 fully saturated rings. The van der Waals surface area contributed by atoms with E-state index < -0.39 is 15.1 Å². The van der Waals surface area contributed by atoms with E-state index in [2.05, 4.69) is 0 Å². The highest BCUT2D eigenvalue weighted by molar-refractivity contribution is 7.92. The molecule has 4 nitrogen and oxygen atoms in total. The van der Waals surface area contributed by atoms with E-state index in [1.807, 2.05) is 30.3 Å². The third-order valence-electron chi connectivity index (χ3n) is 4.19. The molecule has 2 aromatic rings. The van der Waals surface area contributed by atoms with Gasteiger partial charge in [0, 0.05) is 19.2 Å². The number of amides is 1. The van der Waals surface area contributed by atoms with Gasteiger partial charge in [0.1, 0.15) is 0 Å². The van der Waals surface area contributed by atoms with Crippen LogP contribution in [0.2, 0.25) is 0 Å². The van der Waals surface area contributed by atoms with Crippen LogP contribution in [0.1, 0.15) is 12.0 Å². The number of hydrogen-bond acceptors (Lipinski definition) is 3. The first-order valence-corrected chi connectivity index (χ1v) is 9.43. The normalized spacial score (nSPS) is 18.2. The van der Waals surface area contributed by atoms with Gasteiger partial charge in [-0.25, -0.2) is 8.42 Å². The number of carbonyl (C=O) groups is 1. The molecule has 1 saturated heterocycles. The summed E-state index contributed by atoms with van der Waals surface area (Å²) in [4.78, 5) is 14.2. The van der Waals surface area contributed by atoms with Crippen molar-refractivity contribution in [3.05, 3.63) is 72.3 Å². The van der Waals surface area contributed by atoms with Crippen molar-refractivity contribution in [1.29, 1.82) is 0 Å². The van der Waals surface area contributed by atoms with Gasteiger partial charge in [0.05, 0.1) is 10.1 Å². The zero-order valence-corrected chi connectivity index (χ0v) is 14.0. The van der Waals surface area contributed by atoms with E-state index in [1.165, 1.54) is 6.08 Å². The van der Waals surface area contributed by atoms with Crippen LogP contribution in [0.25, 0.3) is 6.08 Å². The molecule has 3 rings (SSSR count). The average Bonchev–Trinajstić information content (AvgIpc) is 3.12. The van der Waals surface area contributed by atoms with Crippen LogP contribution in [0.15, 0.2) is 71.6 Å². The molecule has 0 bridgehead atoms. The number of carbonyl (C=O) groups excluding carboxylic acids is 1. The van der Waals surface area contributed by atoms with Crippen LogP contribution in [0.4, 0.5) is 0 Å². The van der Waals surface area contributed by atoms with Crippen LogP contribution < -0.4 is 0 Å². The summed E-state index contributed by atoms with van der Waals surface area (Å²) >= 11 is 0. The van der Waals surface area contributed by atoms with Gasteiger partial charge in [-0.05, 0) is 30.2 Å². The molecule has 0 N–H and O–H groups in total. The Morgan fingerprint density at radius 3 is 2.29 bits per heavy atom. The first-order chi connectivity index (χ1) is 11.6. The Labute approximate surface area is 142 Å². The molecule has 1 aliphatic heterocycles. The summed E-state index contributed by atoms with van der Waals surface area (Å²) in [5.74, 6) is -0.149. The van der Waals surface area contributed by atoms with Gasteiger partial charge in [-0.15, -0.1) is 0 Å². The van der Waals surface area contributed by atoms with Crippen LogP contribution in [0, 0.1) is 0 Å². The maximum atomic E-state index is 12.6. The Bertz CT molecular complexity index is 829. The molecule has 0 aromatic heterocycles. The Hall–Kier alpha value is -2.40. The van der Waals surface area contributed by atoms with Crippen LogP contribution in [-0.4, -0.2) is 37.6 Å². The largest absolute Gasteiger partial charge is 0.338 e. The van der Waals surface area contributed by atoms with E-state index in [-0.39, 0.29) is 12.5 Å². The number of likely N-dealkylation sites (tertiary alicyclic amines) is 1. The fraction of sp³-hybridized carbons (Fsp3) is 0.211. The van der Waals surface area contributed by atoms with E-state index in [0.29, 0.717) is 17.9 Å². The van der Waals surface area contributed by atoms with Crippen molar-refractivity contribution in [2.45, 2.75) is 16.6 Å². The maximum absolute atomic E-state index is 12.6. The van der Waals surface area contributed by atoms with Gasteiger partial charge in [-0.2, -0.15) is 0 Å². The summed E-state index contributed by atoms with van der Waals surface area (Å²) in [5.41, 5.74) is 0.943. The van der Waals surface area contributed by atoms with Gasteiger partial charge in [-0.1, -0.05) is 48.5 Å². The summed E-state index contributed by atoms with van der Waals surface area (Å²) in [5, 5.41) is -0.533. The van der Waals surface area contributed by atoms with Gasteiger partial charge in [0.15, 0.2) is 9.84 Å². The number of hydrogen-bond donors (Lipinski definition) is 0. The van der Waals surface area contributed by atoms with Crippen molar-refractivity contribution in [2.75, 3.05) is 13.1 Å². The SMILES string of the molecule is O=C(/C=C/c1ccccc1)N1CC[C@H](S(=O)(=O)c2ccccc2)C1. The summed E-state index contributed by atoms with van der Waals surface area (Å²) in [6.45, 7) is 0.712. The molecular weight excluding hydrogens is 322 g/mol. The Kier molecular flexibility index (Phi) is 4.81. The lowest BCUT2D eigenvalue weighted by atomic mass is 10.2. The van der Waals surface area contributed by atoms with Crippen molar-refractivity contribution in [3.63, 3.8) is 0 Å². The molecule has 24 heavy (non-hydrogen) atoms. The van der Waals surface area contributed by atoms with Gasteiger partial charge < -0.3 is 4.90 Å². The summed E-state index contributed by atoms with van der Waals surface area (Å²) in [6.07, 6.45) is 3.73. The lowest BCUT2D eigenvalue weighted by molar-refractivity contribution is -0.124. The molecular formula is C19H19NO3S. The minimum Gasteiger partial charge on any atom is -0.338 e. The topological polar surface area (TPSA) is 54.5 Å². The summed E-state index contributed by atoms with van der Waals surface area (Å²) in [6, 6.07) is 18.0. The first-order valence-electron chi connectivity index (χ1n) is 7.88. The molecule has 2 aromatic carbocycles. The highest BCUT2D eigenvalue weighted by Crippen LogP contribution is 2.24. The summed E-state index contributed by atoms with van der Waals surface area (Å²) in [7, 11) is -3.39. The van der Waals surface area contributed by atoms with Crippen molar-refractivity contribution >= 4 is 21.8 Å². The van der Waals surface area contributed by atoms with Crippen LogP contribution in [0.3, 0.4) is 0 Å². The van der Waals surface area contributed by atoms with Crippen molar-refractivity contribution in [3.8, 4) is 0 Å². The molecule has 124 valence electrons. The van der Waals surface area contributed by atoms with Crippen molar-refractivity contribution < 1.29 is 13.2 Å². The first kappa shape index (κ1) is 16.5. The highest BCUT2D eigenvalue weighted by atomic mass is 32.2. The van der Waals surface area contributed by atoms with Gasteiger partial charge in [0.2, 0.25) is 5.91 Å². The Morgan fingerprint density at radius 2 is 1.62 bits per heavy atom. The number of sulfone groups is 1. The second-order valence-corrected chi connectivity index (χ2v) is 8.03. The van der Waals surface area contributed by atoms with E-state index >= 15 is 0 Å². The average molecular weight is 341 g/mol. The molecule has 1 amide bonds. The molecule has 0 aliphatic carbocycles. The lowest BCUT2D eigenvalue weighted by Crippen LogP contribution is -2.30. The zero-order chi connectivity index (χ0) is 17.0. The molecule has 0 radical (unpaired) electrons. The van der Waals surface area contributed by atoms with Crippen LogP contribution in [0.5, 0.6) is 0 Å². The van der Waals surface area contributed by atoms with E-state index in [9.17, 15) is 13.2 Å². The fourth-order valence-electron chi connectivity index (χ4n) is 2.82. The van der Waals surface area contributed by atoms with E-state index in [0.717, 1.165) is 5.56 Å². The van der Waals surface area contributed by atoms with Crippen LogP contribution in [-0.2, 0) is 14.6 Å². The van der Waals surface area contributed by atoms with Gasteiger partial charge in [-0.3, -0.25) is 4.79 Å². The highest BCUT2D eigenvalue weighted by Gasteiger charge is 2.35. The predicted molar refractivity (Wildman–Crippen MR) is 94.1 cm³/mol. The second kappa shape index (κ2) is 7.01. The standard InChI is InChI=1S/C19H19NO3S/c21-19(12-11-16-7-3-1-4-8-16)20-14-13-18(15-20)24(22,23)17-9-5-2-6-10-17/h1-12,18H,13-15H2/b12-11+/t18-/m0/s1. The molecule has 0 saturated carbocycles. The van der Waals surface area contributed by atoms with E-state index in [4.69, 9.17) is 0 Å². The monoisotopic (exact) mass is 341 g/mol. The van der Waals surface area contributed by atoms with Crippen molar-refractivity contribution in [2.24, 2.45) is 0 Å². The van der Waals surface area contributed by atoms with E-state index in [1.54, 1.807) is 41.3 Å². The lowest BCUT2D eigenvalue weighted by Gasteiger charge is -2.15. The molecule has 0 spiro atoms. The maximum Gasteiger partial charge on any atom is 0.246 e. The zero-order valence-electron chi connectivity index (χ0n) is 13.2. The smallest absolute Gasteiger partial charge is 0.246 e. The molecule has 1 heterocycles. The molecule has 1 aliphatic rings. The number of rotatable bonds is 4. The fourth-order valence-corrected chi connectivity index (χ4v) is 4.53. The molecule has 5 heteroatoms. The van der Waals surface area contributed by atoms with Gasteiger partial charge in [0.25, 0.3) is 0 Å². The third kappa shape index (κ3) is 3.57. The third-order valence-corrected chi connectivity index (χ3v) is 6.38. The van der Waals surface area contributed by atoms with Crippen LogP contribution >= 0.6 is 0 Å². The Morgan fingerprint density at radius 1 is 1.00 bits per heavy atom. The second-order valence-electron chi connectivity index (χ2n) is 5.80. The predicted octanol–water partition coefficient (Wildman–Crippen LogP) is 2.77. The van der Waals surface area contributed by atoms with Crippen molar-refractivity contribution in [1.82, 2.24) is 4.90 Å². The number of nitrogens with zero attached hydrogens (tertiary/aromatic N) is 1. The minimum atomic E-state index is -3.39.